The van der Waals surface area contributed by atoms with E-state index in [-0.39, 0.29) is 11.8 Å². The second kappa shape index (κ2) is 7.68. The van der Waals surface area contributed by atoms with E-state index in [4.69, 9.17) is 0 Å². The van der Waals surface area contributed by atoms with Crippen molar-refractivity contribution in [3.63, 3.8) is 0 Å². The number of anilines is 1. The molecule has 2 heterocycles. The Morgan fingerprint density at radius 3 is 2.68 bits per heavy atom. The highest BCUT2D eigenvalue weighted by molar-refractivity contribution is 6.07. The van der Waals surface area contributed by atoms with Gasteiger partial charge in [0.05, 0.1) is 0 Å². The van der Waals surface area contributed by atoms with Crippen LogP contribution in [-0.4, -0.2) is 27.3 Å². The van der Waals surface area contributed by atoms with Gasteiger partial charge in [-0.15, -0.1) is 0 Å². The predicted octanol–water partition coefficient (Wildman–Crippen LogP) is 3.74. The van der Waals surface area contributed by atoms with Gasteiger partial charge in [0, 0.05) is 40.9 Å². The summed E-state index contributed by atoms with van der Waals surface area (Å²) in [6, 6.07) is 10.2. The third-order valence-electron chi connectivity index (χ3n) is 4.23. The molecule has 28 heavy (non-hydrogen) atoms. The Hall–Kier alpha value is -3.41. The van der Waals surface area contributed by atoms with E-state index in [1.807, 2.05) is 51.2 Å². The van der Waals surface area contributed by atoms with Gasteiger partial charge >= 0.3 is 0 Å². The van der Waals surface area contributed by atoms with Crippen molar-refractivity contribution in [2.24, 2.45) is 0 Å². The minimum Gasteiger partial charge on any atom is -0.361 e. The van der Waals surface area contributed by atoms with Crippen molar-refractivity contribution in [1.29, 1.82) is 0 Å². The Bertz CT molecular complexity index is 1000. The molecule has 0 bridgehead atoms. The summed E-state index contributed by atoms with van der Waals surface area (Å²) < 4.78 is 0. The van der Waals surface area contributed by atoms with Gasteiger partial charge in [-0.25, -0.2) is 0 Å². The molecule has 0 aliphatic heterocycles. The van der Waals surface area contributed by atoms with Crippen molar-refractivity contribution in [3.05, 3.63) is 73.2 Å². The first kappa shape index (κ1) is 19.4. The summed E-state index contributed by atoms with van der Waals surface area (Å²) in [5.41, 5.74) is 1.63. The average molecular weight is 376 g/mol. The molecule has 0 radical (unpaired) electrons. The van der Waals surface area contributed by atoms with Crippen LogP contribution < -0.4 is 10.2 Å². The highest BCUT2D eigenvalue weighted by Gasteiger charge is 2.33. The van der Waals surface area contributed by atoms with E-state index < -0.39 is 11.6 Å². The number of hydrogen-bond donors (Lipinski definition) is 2. The molecule has 2 aromatic heterocycles. The molecule has 6 nitrogen and oxygen atoms in total. The molecule has 0 aliphatic rings. The molecule has 0 saturated carbocycles. The van der Waals surface area contributed by atoms with Crippen LogP contribution in [0, 0.1) is 0 Å². The van der Waals surface area contributed by atoms with Crippen molar-refractivity contribution in [2.45, 2.75) is 32.4 Å². The number of aromatic amines is 1. The van der Waals surface area contributed by atoms with Crippen molar-refractivity contribution < 1.29 is 9.59 Å². The average Bonchev–Trinajstić information content (AvgIpc) is 3.12. The van der Waals surface area contributed by atoms with E-state index in [2.05, 4.69) is 21.9 Å². The summed E-state index contributed by atoms with van der Waals surface area (Å²) in [7, 11) is 0. The predicted molar refractivity (Wildman–Crippen MR) is 111 cm³/mol. The summed E-state index contributed by atoms with van der Waals surface area (Å²) in [6.45, 7) is 9.32. The van der Waals surface area contributed by atoms with E-state index in [1.165, 1.54) is 11.0 Å². The summed E-state index contributed by atoms with van der Waals surface area (Å²) >= 11 is 0. The third kappa shape index (κ3) is 4.11. The van der Waals surface area contributed by atoms with Gasteiger partial charge in [-0.2, -0.15) is 0 Å². The van der Waals surface area contributed by atoms with Gasteiger partial charge in [0.1, 0.15) is 6.04 Å². The lowest BCUT2D eigenvalue weighted by atomic mass is 10.0. The van der Waals surface area contributed by atoms with Gasteiger partial charge in [0.2, 0.25) is 5.91 Å². The fraction of sp³-hybridized carbons (Fsp3) is 0.227. The molecule has 1 aromatic carbocycles. The van der Waals surface area contributed by atoms with Crippen LogP contribution in [0.5, 0.6) is 0 Å². The summed E-state index contributed by atoms with van der Waals surface area (Å²) in [5, 5.41) is 4.00. The standard InChI is InChI=1S/C22H24N4O2/c1-5-19(27)26(17-9-8-15-10-12-24-18(15)13-17)20(16-7-6-11-23-14-16)21(28)25-22(2,3)4/h5-14,20,24H,1H2,2-4H3,(H,25,28). The Labute approximate surface area is 164 Å². The van der Waals surface area contributed by atoms with E-state index in [9.17, 15) is 9.59 Å². The maximum Gasteiger partial charge on any atom is 0.251 e. The van der Waals surface area contributed by atoms with E-state index in [0.29, 0.717) is 11.3 Å². The van der Waals surface area contributed by atoms with Gasteiger partial charge in [0.15, 0.2) is 0 Å². The third-order valence-corrected chi connectivity index (χ3v) is 4.23. The first-order chi connectivity index (χ1) is 13.3. The number of carbonyl (C=O) groups excluding carboxylic acids is 2. The van der Waals surface area contributed by atoms with E-state index in [1.54, 1.807) is 24.5 Å². The van der Waals surface area contributed by atoms with Crippen molar-refractivity contribution >= 4 is 28.4 Å². The van der Waals surface area contributed by atoms with Crippen LogP contribution in [0.4, 0.5) is 5.69 Å². The lowest BCUT2D eigenvalue weighted by Gasteiger charge is -2.33. The number of H-pyrrole nitrogens is 1. The summed E-state index contributed by atoms with van der Waals surface area (Å²) in [4.78, 5) is 34.8. The minimum absolute atomic E-state index is 0.290. The molecule has 1 atom stereocenters. The Kier molecular flexibility index (Phi) is 5.31. The largest absolute Gasteiger partial charge is 0.361 e. The highest BCUT2D eigenvalue weighted by Crippen LogP contribution is 2.30. The number of nitrogens with one attached hydrogen (secondary N) is 2. The molecule has 3 rings (SSSR count). The zero-order valence-corrected chi connectivity index (χ0v) is 16.3. The molecular weight excluding hydrogens is 352 g/mol. The van der Waals surface area contributed by atoms with Crippen LogP contribution in [0.3, 0.4) is 0 Å². The summed E-state index contributed by atoms with van der Waals surface area (Å²) in [5.74, 6) is -0.661. The van der Waals surface area contributed by atoms with Crippen LogP contribution in [0.25, 0.3) is 10.9 Å². The molecule has 144 valence electrons. The zero-order chi connectivity index (χ0) is 20.3. The molecular formula is C22H24N4O2. The SMILES string of the molecule is C=CC(=O)N(c1ccc2cc[nH]c2c1)C(C(=O)NC(C)(C)C)c1cccnc1. The minimum atomic E-state index is -0.883. The molecule has 0 fully saturated rings. The number of nitrogens with zero attached hydrogens (tertiary/aromatic N) is 2. The molecule has 3 aromatic rings. The number of pyridine rings is 1. The second-order valence-corrected chi connectivity index (χ2v) is 7.59. The monoisotopic (exact) mass is 376 g/mol. The van der Waals surface area contributed by atoms with Crippen LogP contribution >= 0.6 is 0 Å². The fourth-order valence-corrected chi connectivity index (χ4v) is 3.08. The van der Waals surface area contributed by atoms with Crippen LogP contribution in [0.2, 0.25) is 0 Å². The smallest absolute Gasteiger partial charge is 0.251 e. The number of rotatable bonds is 5. The molecule has 0 spiro atoms. The molecule has 6 heteroatoms. The maximum atomic E-state index is 13.2. The van der Waals surface area contributed by atoms with E-state index >= 15 is 0 Å². The van der Waals surface area contributed by atoms with Crippen molar-refractivity contribution in [2.75, 3.05) is 4.90 Å². The van der Waals surface area contributed by atoms with Gasteiger partial charge in [-0.05, 0) is 56.5 Å². The first-order valence-corrected chi connectivity index (χ1v) is 9.05. The van der Waals surface area contributed by atoms with Crippen molar-refractivity contribution in [1.82, 2.24) is 15.3 Å². The zero-order valence-electron chi connectivity index (χ0n) is 16.3. The topological polar surface area (TPSA) is 78.1 Å². The van der Waals surface area contributed by atoms with E-state index in [0.717, 1.165) is 10.9 Å². The lowest BCUT2D eigenvalue weighted by molar-refractivity contribution is -0.126. The number of amides is 2. The Balaban J connectivity index is 2.14. The summed E-state index contributed by atoms with van der Waals surface area (Å²) in [6.07, 6.45) is 6.28. The number of benzene rings is 1. The highest BCUT2D eigenvalue weighted by atomic mass is 16.2. The number of hydrogen-bond acceptors (Lipinski definition) is 3. The first-order valence-electron chi connectivity index (χ1n) is 9.05. The molecule has 2 N–H and O–H groups in total. The van der Waals surface area contributed by atoms with Gasteiger partial charge in [-0.1, -0.05) is 18.7 Å². The van der Waals surface area contributed by atoms with Crippen molar-refractivity contribution in [3.8, 4) is 0 Å². The lowest BCUT2D eigenvalue weighted by Crippen LogP contribution is -2.49. The van der Waals surface area contributed by atoms with Crippen LogP contribution in [-0.2, 0) is 9.59 Å². The molecule has 1 unspecified atom stereocenters. The number of fused-ring (bicyclic) bond motifs is 1. The van der Waals surface area contributed by atoms with Crippen LogP contribution in [0.1, 0.15) is 32.4 Å². The molecule has 0 aliphatic carbocycles. The van der Waals surface area contributed by atoms with Gasteiger partial charge < -0.3 is 10.3 Å². The molecule has 0 saturated heterocycles. The Morgan fingerprint density at radius 1 is 1.25 bits per heavy atom. The Morgan fingerprint density at radius 2 is 2.04 bits per heavy atom. The normalized spacial score (nSPS) is 12.4. The second-order valence-electron chi connectivity index (χ2n) is 7.59. The number of aromatic nitrogens is 2. The fourth-order valence-electron chi connectivity index (χ4n) is 3.08. The van der Waals surface area contributed by atoms with Gasteiger partial charge in [-0.3, -0.25) is 19.5 Å². The molecule has 2 amide bonds. The maximum absolute atomic E-state index is 13.2. The quantitative estimate of drug-likeness (QED) is 0.666. The number of carbonyl (C=O) groups is 2. The van der Waals surface area contributed by atoms with Crippen LogP contribution in [0.15, 0.2) is 67.6 Å². The van der Waals surface area contributed by atoms with Gasteiger partial charge in [0.25, 0.3) is 5.91 Å².